The molecule has 0 fully saturated rings. The normalized spacial score (nSPS) is 11.5. The Labute approximate surface area is 142 Å². The fourth-order valence-corrected chi connectivity index (χ4v) is 3.55. The second-order valence-electron chi connectivity index (χ2n) is 5.92. The first kappa shape index (κ1) is 16.3. The third-order valence-electron chi connectivity index (χ3n) is 3.69. The Morgan fingerprint density at radius 3 is 2.17 bits per heavy atom. The predicted octanol–water partition coefficient (Wildman–Crippen LogP) is 4.67. The number of benzene rings is 2. The molecule has 1 aromatic heterocycles. The van der Waals surface area contributed by atoms with Crippen molar-refractivity contribution in [3.63, 3.8) is 0 Å². The number of furan rings is 1. The Balaban J connectivity index is 1.95. The molecule has 0 amide bonds. The summed E-state index contributed by atoms with van der Waals surface area (Å²) in [5.74, 6) is 1.53. The lowest BCUT2D eigenvalue weighted by molar-refractivity contribution is 0.548. The highest BCUT2D eigenvalue weighted by atomic mass is 32.2. The van der Waals surface area contributed by atoms with Gasteiger partial charge in [0, 0.05) is 11.3 Å². The molecule has 1 N–H and O–H groups in total. The fourth-order valence-electron chi connectivity index (χ4n) is 2.51. The van der Waals surface area contributed by atoms with Gasteiger partial charge in [0.05, 0.1) is 4.90 Å². The molecule has 0 aliphatic rings. The third kappa shape index (κ3) is 3.51. The van der Waals surface area contributed by atoms with Gasteiger partial charge in [0.1, 0.15) is 11.5 Å². The van der Waals surface area contributed by atoms with Crippen molar-refractivity contribution in [2.45, 2.75) is 25.7 Å². The molecule has 2 aromatic carbocycles. The SMILES string of the molecule is Cc1ccc(S(=O)(=O)Nc2cc(C)cc(-c3ccc(C)o3)c2)cc1. The molecule has 0 bridgehead atoms. The molecule has 0 saturated heterocycles. The lowest BCUT2D eigenvalue weighted by atomic mass is 10.1. The maximum Gasteiger partial charge on any atom is 0.261 e. The summed E-state index contributed by atoms with van der Waals surface area (Å²) >= 11 is 0. The van der Waals surface area contributed by atoms with Crippen LogP contribution < -0.4 is 4.72 Å². The molecule has 3 aromatic rings. The largest absolute Gasteiger partial charge is 0.461 e. The van der Waals surface area contributed by atoms with E-state index in [4.69, 9.17) is 4.42 Å². The zero-order chi connectivity index (χ0) is 17.3. The monoisotopic (exact) mass is 341 g/mol. The zero-order valence-electron chi connectivity index (χ0n) is 13.8. The molecule has 0 aliphatic carbocycles. The zero-order valence-corrected chi connectivity index (χ0v) is 14.6. The Hall–Kier alpha value is -2.53. The van der Waals surface area contributed by atoms with Crippen LogP contribution in [0.2, 0.25) is 0 Å². The van der Waals surface area contributed by atoms with Crippen molar-refractivity contribution in [2.24, 2.45) is 0 Å². The van der Waals surface area contributed by atoms with E-state index in [1.54, 1.807) is 36.4 Å². The highest BCUT2D eigenvalue weighted by molar-refractivity contribution is 7.92. The summed E-state index contributed by atoms with van der Waals surface area (Å²) < 4.78 is 33.4. The number of sulfonamides is 1. The number of hydrogen-bond donors (Lipinski definition) is 1. The summed E-state index contributed by atoms with van der Waals surface area (Å²) in [6.07, 6.45) is 0. The quantitative estimate of drug-likeness (QED) is 0.750. The molecule has 0 unspecified atom stereocenters. The maximum absolute atomic E-state index is 12.5. The molecule has 5 heteroatoms. The molecule has 3 rings (SSSR count). The van der Waals surface area contributed by atoms with Crippen molar-refractivity contribution in [1.82, 2.24) is 0 Å². The van der Waals surface area contributed by atoms with E-state index in [2.05, 4.69) is 4.72 Å². The lowest BCUT2D eigenvalue weighted by Crippen LogP contribution is -2.13. The molecule has 0 saturated carbocycles. The van der Waals surface area contributed by atoms with Crippen LogP contribution in [0.15, 0.2) is 63.9 Å². The van der Waals surface area contributed by atoms with E-state index < -0.39 is 10.0 Å². The van der Waals surface area contributed by atoms with Gasteiger partial charge in [-0.1, -0.05) is 17.7 Å². The first-order valence-corrected chi connectivity index (χ1v) is 9.10. The van der Waals surface area contributed by atoms with Gasteiger partial charge in [-0.15, -0.1) is 0 Å². The van der Waals surface area contributed by atoms with Crippen LogP contribution in [-0.4, -0.2) is 8.42 Å². The first-order valence-electron chi connectivity index (χ1n) is 7.61. The van der Waals surface area contributed by atoms with E-state index >= 15 is 0 Å². The van der Waals surface area contributed by atoms with Crippen molar-refractivity contribution in [3.05, 3.63) is 71.5 Å². The fraction of sp³-hybridized carbons (Fsp3) is 0.158. The minimum atomic E-state index is -3.62. The summed E-state index contributed by atoms with van der Waals surface area (Å²) in [5, 5.41) is 0. The van der Waals surface area contributed by atoms with Gasteiger partial charge in [0.2, 0.25) is 0 Å². The summed E-state index contributed by atoms with van der Waals surface area (Å²) in [6.45, 7) is 5.71. The summed E-state index contributed by atoms with van der Waals surface area (Å²) in [7, 11) is -3.62. The van der Waals surface area contributed by atoms with Crippen LogP contribution >= 0.6 is 0 Å². The molecule has 4 nitrogen and oxygen atoms in total. The van der Waals surface area contributed by atoms with Gasteiger partial charge in [-0.3, -0.25) is 4.72 Å². The van der Waals surface area contributed by atoms with Gasteiger partial charge in [-0.25, -0.2) is 8.42 Å². The Morgan fingerprint density at radius 1 is 0.833 bits per heavy atom. The van der Waals surface area contributed by atoms with E-state index in [1.807, 2.05) is 39.0 Å². The average molecular weight is 341 g/mol. The van der Waals surface area contributed by atoms with Crippen molar-refractivity contribution in [2.75, 3.05) is 4.72 Å². The highest BCUT2D eigenvalue weighted by Gasteiger charge is 2.15. The molecule has 24 heavy (non-hydrogen) atoms. The standard InChI is InChI=1S/C19H19NO3S/c1-13-4-7-18(8-5-13)24(21,22)20-17-11-14(2)10-16(12-17)19-9-6-15(3)23-19/h4-12,20H,1-3H3. The van der Waals surface area contributed by atoms with E-state index in [-0.39, 0.29) is 4.90 Å². The van der Waals surface area contributed by atoms with Gasteiger partial charge in [0.25, 0.3) is 10.0 Å². The highest BCUT2D eigenvalue weighted by Crippen LogP contribution is 2.27. The van der Waals surface area contributed by atoms with E-state index in [0.717, 1.165) is 22.5 Å². The molecule has 0 aliphatic heterocycles. The van der Waals surface area contributed by atoms with Gasteiger partial charge in [-0.05, 0) is 68.8 Å². The van der Waals surface area contributed by atoms with Crippen LogP contribution in [0, 0.1) is 20.8 Å². The summed E-state index contributed by atoms with van der Waals surface area (Å²) in [4.78, 5) is 0.241. The Bertz CT molecular complexity index is 970. The first-order chi connectivity index (χ1) is 11.3. The van der Waals surface area contributed by atoms with Crippen molar-refractivity contribution in [1.29, 1.82) is 0 Å². The van der Waals surface area contributed by atoms with Crippen molar-refractivity contribution >= 4 is 15.7 Å². The minimum Gasteiger partial charge on any atom is -0.461 e. The minimum absolute atomic E-state index is 0.241. The number of rotatable bonds is 4. The van der Waals surface area contributed by atoms with Crippen LogP contribution in [0.4, 0.5) is 5.69 Å². The topological polar surface area (TPSA) is 59.3 Å². The van der Waals surface area contributed by atoms with Crippen molar-refractivity contribution in [3.8, 4) is 11.3 Å². The number of hydrogen-bond acceptors (Lipinski definition) is 3. The smallest absolute Gasteiger partial charge is 0.261 e. The van der Waals surface area contributed by atoms with Crippen LogP contribution in [0.25, 0.3) is 11.3 Å². The Morgan fingerprint density at radius 2 is 1.54 bits per heavy atom. The van der Waals surface area contributed by atoms with E-state index in [0.29, 0.717) is 11.4 Å². The predicted molar refractivity (Wildman–Crippen MR) is 95.6 cm³/mol. The van der Waals surface area contributed by atoms with Gasteiger partial charge in [0.15, 0.2) is 0 Å². The second-order valence-corrected chi connectivity index (χ2v) is 7.60. The van der Waals surface area contributed by atoms with Crippen LogP contribution in [0.3, 0.4) is 0 Å². The second kappa shape index (κ2) is 6.17. The summed E-state index contributed by atoms with van der Waals surface area (Å²) in [5.41, 5.74) is 3.31. The maximum atomic E-state index is 12.5. The molecule has 0 spiro atoms. The van der Waals surface area contributed by atoms with E-state index in [9.17, 15) is 8.42 Å². The molecule has 1 heterocycles. The van der Waals surface area contributed by atoms with Gasteiger partial charge < -0.3 is 4.42 Å². The van der Waals surface area contributed by atoms with Crippen LogP contribution in [0.1, 0.15) is 16.9 Å². The molecule has 0 atom stereocenters. The van der Waals surface area contributed by atoms with E-state index in [1.165, 1.54) is 0 Å². The third-order valence-corrected chi connectivity index (χ3v) is 5.08. The average Bonchev–Trinajstić information content (AvgIpc) is 2.93. The summed E-state index contributed by atoms with van der Waals surface area (Å²) in [6, 6.07) is 16.1. The number of nitrogens with one attached hydrogen (secondary N) is 1. The van der Waals surface area contributed by atoms with Gasteiger partial charge >= 0.3 is 0 Å². The molecular weight excluding hydrogens is 322 g/mol. The number of anilines is 1. The molecule has 124 valence electrons. The Kier molecular flexibility index (Phi) is 4.20. The lowest BCUT2D eigenvalue weighted by Gasteiger charge is -2.10. The van der Waals surface area contributed by atoms with Crippen LogP contribution in [-0.2, 0) is 10.0 Å². The molecule has 0 radical (unpaired) electrons. The number of aryl methyl sites for hydroxylation is 3. The van der Waals surface area contributed by atoms with Crippen molar-refractivity contribution < 1.29 is 12.8 Å². The molecular formula is C19H19NO3S. The van der Waals surface area contributed by atoms with Crippen LogP contribution in [0.5, 0.6) is 0 Å². The van der Waals surface area contributed by atoms with Gasteiger partial charge in [-0.2, -0.15) is 0 Å².